The minimum atomic E-state index is 0.660. The highest BCUT2D eigenvalue weighted by Crippen LogP contribution is 2.34. The molecule has 1 saturated heterocycles. The first-order valence-corrected chi connectivity index (χ1v) is 7.84. The number of guanidine groups is 1. The van der Waals surface area contributed by atoms with E-state index in [0.29, 0.717) is 12.0 Å². The molecule has 0 aromatic rings. The molecule has 0 amide bonds. The van der Waals surface area contributed by atoms with E-state index in [2.05, 4.69) is 36.1 Å². The molecule has 1 aliphatic carbocycles. The van der Waals surface area contributed by atoms with Gasteiger partial charge in [-0.1, -0.05) is 13.3 Å². The van der Waals surface area contributed by atoms with Gasteiger partial charge >= 0.3 is 0 Å². The molecule has 2 aliphatic rings. The van der Waals surface area contributed by atoms with Crippen LogP contribution in [0.5, 0.6) is 0 Å². The molecule has 0 aromatic heterocycles. The number of aliphatic imine (C=N–C) groups is 1. The molecule has 1 heterocycles. The van der Waals surface area contributed by atoms with Gasteiger partial charge in [0.15, 0.2) is 5.96 Å². The first-order valence-electron chi connectivity index (χ1n) is 7.84. The van der Waals surface area contributed by atoms with Crippen LogP contribution in [0.3, 0.4) is 0 Å². The van der Waals surface area contributed by atoms with Crippen molar-refractivity contribution in [3.8, 4) is 0 Å². The van der Waals surface area contributed by atoms with Crippen molar-refractivity contribution >= 4 is 5.96 Å². The zero-order valence-corrected chi connectivity index (χ0v) is 12.7. The molecule has 2 fully saturated rings. The first kappa shape index (κ1) is 14.6. The number of nitrogens with zero attached hydrogens (tertiary/aromatic N) is 2. The van der Waals surface area contributed by atoms with Gasteiger partial charge in [0.05, 0.1) is 6.61 Å². The molecule has 3 atom stereocenters. The second kappa shape index (κ2) is 7.13. The molecule has 2 rings (SSSR count). The molecule has 110 valence electrons. The average Bonchev–Trinajstić information content (AvgIpc) is 2.90. The molecular weight excluding hydrogens is 238 g/mol. The molecule has 1 saturated carbocycles. The van der Waals surface area contributed by atoms with E-state index in [4.69, 9.17) is 4.74 Å². The maximum atomic E-state index is 5.45. The van der Waals surface area contributed by atoms with Gasteiger partial charge in [0, 0.05) is 38.7 Å². The molecule has 0 radical (unpaired) electrons. The van der Waals surface area contributed by atoms with E-state index in [1.165, 1.54) is 25.7 Å². The van der Waals surface area contributed by atoms with E-state index in [0.717, 1.165) is 38.2 Å². The average molecular weight is 267 g/mol. The summed E-state index contributed by atoms with van der Waals surface area (Å²) in [5.74, 6) is 2.62. The Balaban J connectivity index is 1.80. The Morgan fingerprint density at radius 2 is 2.26 bits per heavy atom. The zero-order valence-electron chi connectivity index (χ0n) is 12.7. The summed E-state index contributed by atoms with van der Waals surface area (Å²) < 4.78 is 5.45. The lowest BCUT2D eigenvalue weighted by molar-refractivity contribution is 0.181. The van der Waals surface area contributed by atoms with Crippen molar-refractivity contribution in [2.45, 2.75) is 45.6 Å². The maximum Gasteiger partial charge on any atom is 0.193 e. The van der Waals surface area contributed by atoms with Crippen LogP contribution < -0.4 is 5.32 Å². The maximum absolute atomic E-state index is 5.45. The van der Waals surface area contributed by atoms with Crippen LogP contribution in [0, 0.1) is 11.8 Å². The summed E-state index contributed by atoms with van der Waals surface area (Å²) >= 11 is 0. The smallest absolute Gasteiger partial charge is 0.193 e. The van der Waals surface area contributed by atoms with Crippen molar-refractivity contribution in [2.75, 3.05) is 33.4 Å². The normalized spacial score (nSPS) is 30.5. The molecule has 4 nitrogen and oxygen atoms in total. The minimum absolute atomic E-state index is 0.660. The van der Waals surface area contributed by atoms with E-state index in [9.17, 15) is 0 Å². The summed E-state index contributed by atoms with van der Waals surface area (Å²) in [5.41, 5.74) is 0. The van der Waals surface area contributed by atoms with Gasteiger partial charge in [0.1, 0.15) is 0 Å². The molecule has 0 spiro atoms. The highest BCUT2D eigenvalue weighted by atomic mass is 16.5. The van der Waals surface area contributed by atoms with Gasteiger partial charge in [-0.3, -0.25) is 4.99 Å². The van der Waals surface area contributed by atoms with Gasteiger partial charge in [-0.2, -0.15) is 0 Å². The largest absolute Gasteiger partial charge is 0.381 e. The summed E-state index contributed by atoms with van der Waals surface area (Å²) in [6.45, 7) is 8.10. The van der Waals surface area contributed by atoms with Gasteiger partial charge in [0.2, 0.25) is 0 Å². The van der Waals surface area contributed by atoms with Crippen molar-refractivity contribution in [2.24, 2.45) is 16.8 Å². The fourth-order valence-electron chi connectivity index (χ4n) is 2.91. The van der Waals surface area contributed by atoms with Crippen LogP contribution in [-0.2, 0) is 4.74 Å². The quantitative estimate of drug-likeness (QED) is 0.591. The van der Waals surface area contributed by atoms with Crippen LogP contribution in [0.1, 0.15) is 39.5 Å². The van der Waals surface area contributed by atoms with E-state index < -0.39 is 0 Å². The highest BCUT2D eigenvalue weighted by molar-refractivity contribution is 5.80. The van der Waals surface area contributed by atoms with E-state index in [1.807, 2.05) is 0 Å². The molecule has 19 heavy (non-hydrogen) atoms. The van der Waals surface area contributed by atoms with Gasteiger partial charge < -0.3 is 15.0 Å². The summed E-state index contributed by atoms with van der Waals surface area (Å²) in [7, 11) is 2.15. The van der Waals surface area contributed by atoms with Crippen LogP contribution >= 0.6 is 0 Å². The standard InChI is InChI=1S/C15H29N3O/c1-4-6-13-9-14(13)17-15(16-5-2)18(3)10-12-7-8-19-11-12/h12-14H,4-11H2,1-3H3,(H,16,17). The van der Waals surface area contributed by atoms with Crippen LogP contribution in [0.2, 0.25) is 0 Å². The SMILES string of the molecule is CCCC1CC1NC(=NCC)N(C)CC1CCOC1. The molecule has 0 bridgehead atoms. The summed E-state index contributed by atoms with van der Waals surface area (Å²) in [6.07, 6.45) is 5.14. The lowest BCUT2D eigenvalue weighted by atomic mass is 10.1. The van der Waals surface area contributed by atoms with Crippen LogP contribution in [0.25, 0.3) is 0 Å². The summed E-state index contributed by atoms with van der Waals surface area (Å²) in [6, 6.07) is 0.660. The second-order valence-electron chi connectivity index (χ2n) is 5.94. The summed E-state index contributed by atoms with van der Waals surface area (Å²) in [5, 5.41) is 3.64. The predicted molar refractivity (Wildman–Crippen MR) is 79.5 cm³/mol. The third-order valence-corrected chi connectivity index (χ3v) is 4.12. The Morgan fingerprint density at radius 3 is 2.89 bits per heavy atom. The number of nitrogens with one attached hydrogen (secondary N) is 1. The van der Waals surface area contributed by atoms with Crippen molar-refractivity contribution in [1.29, 1.82) is 0 Å². The molecular formula is C15H29N3O. The van der Waals surface area contributed by atoms with Gasteiger partial charge in [-0.25, -0.2) is 0 Å². The minimum Gasteiger partial charge on any atom is -0.381 e. The first-order chi connectivity index (χ1) is 9.24. The third kappa shape index (κ3) is 4.37. The fraction of sp³-hybridized carbons (Fsp3) is 0.933. The molecule has 1 N–H and O–H groups in total. The van der Waals surface area contributed by atoms with Crippen molar-refractivity contribution in [1.82, 2.24) is 10.2 Å². The van der Waals surface area contributed by atoms with E-state index in [-0.39, 0.29) is 0 Å². The number of ether oxygens (including phenoxy) is 1. The molecule has 0 aromatic carbocycles. The van der Waals surface area contributed by atoms with Gasteiger partial charge in [0.25, 0.3) is 0 Å². The van der Waals surface area contributed by atoms with Crippen LogP contribution in [0.4, 0.5) is 0 Å². The van der Waals surface area contributed by atoms with Crippen LogP contribution in [0.15, 0.2) is 4.99 Å². The monoisotopic (exact) mass is 267 g/mol. The van der Waals surface area contributed by atoms with Gasteiger partial charge in [-0.15, -0.1) is 0 Å². The third-order valence-electron chi connectivity index (χ3n) is 4.12. The van der Waals surface area contributed by atoms with Crippen molar-refractivity contribution in [3.05, 3.63) is 0 Å². The predicted octanol–water partition coefficient (Wildman–Crippen LogP) is 2.11. The number of hydrogen-bond acceptors (Lipinski definition) is 2. The second-order valence-corrected chi connectivity index (χ2v) is 5.94. The number of hydrogen-bond donors (Lipinski definition) is 1. The lowest BCUT2D eigenvalue weighted by Crippen LogP contribution is -2.43. The Labute approximate surface area is 117 Å². The Morgan fingerprint density at radius 1 is 1.42 bits per heavy atom. The highest BCUT2D eigenvalue weighted by Gasteiger charge is 2.37. The molecule has 1 aliphatic heterocycles. The van der Waals surface area contributed by atoms with Crippen molar-refractivity contribution < 1.29 is 4.74 Å². The topological polar surface area (TPSA) is 36.9 Å². The zero-order chi connectivity index (χ0) is 13.7. The Kier molecular flexibility index (Phi) is 5.49. The fourth-order valence-corrected chi connectivity index (χ4v) is 2.91. The van der Waals surface area contributed by atoms with Crippen molar-refractivity contribution in [3.63, 3.8) is 0 Å². The molecule has 3 unspecified atom stereocenters. The Hall–Kier alpha value is -0.770. The molecule has 4 heteroatoms. The van der Waals surface area contributed by atoms with E-state index in [1.54, 1.807) is 0 Å². The van der Waals surface area contributed by atoms with E-state index >= 15 is 0 Å². The van der Waals surface area contributed by atoms with Crippen LogP contribution in [-0.4, -0.2) is 50.3 Å². The Bertz CT molecular complexity index is 300. The summed E-state index contributed by atoms with van der Waals surface area (Å²) in [4.78, 5) is 6.91. The van der Waals surface area contributed by atoms with Gasteiger partial charge in [-0.05, 0) is 32.1 Å². The number of rotatable bonds is 6. The lowest BCUT2D eigenvalue weighted by Gasteiger charge is -2.25.